The molecule has 1 aromatic heterocycles. The Morgan fingerprint density at radius 2 is 2.55 bits per heavy atom. The molecule has 0 aliphatic heterocycles. The Morgan fingerprint density at radius 3 is 3.18 bits per heavy atom. The SMILES string of the molecule is COc1ncccc1/C=N\O. The van der Waals surface area contributed by atoms with Crippen molar-refractivity contribution in [3.05, 3.63) is 23.9 Å². The third-order valence-corrected chi connectivity index (χ3v) is 1.19. The van der Waals surface area contributed by atoms with Gasteiger partial charge in [0.15, 0.2) is 0 Å². The maximum atomic E-state index is 8.23. The van der Waals surface area contributed by atoms with E-state index in [1.165, 1.54) is 13.3 Å². The van der Waals surface area contributed by atoms with Gasteiger partial charge in [-0.3, -0.25) is 0 Å². The van der Waals surface area contributed by atoms with Gasteiger partial charge in [-0.05, 0) is 12.1 Å². The van der Waals surface area contributed by atoms with Crippen LogP contribution in [0.2, 0.25) is 0 Å². The van der Waals surface area contributed by atoms with Crippen LogP contribution in [0.15, 0.2) is 23.5 Å². The van der Waals surface area contributed by atoms with E-state index < -0.39 is 0 Å². The second-order valence-corrected chi connectivity index (χ2v) is 1.85. The van der Waals surface area contributed by atoms with Crippen LogP contribution in [0.3, 0.4) is 0 Å². The van der Waals surface area contributed by atoms with Crippen molar-refractivity contribution in [3.8, 4) is 5.88 Å². The third kappa shape index (κ3) is 1.67. The van der Waals surface area contributed by atoms with Crippen LogP contribution in [0.5, 0.6) is 5.88 Å². The number of methoxy groups -OCH3 is 1. The Hall–Kier alpha value is -1.58. The van der Waals surface area contributed by atoms with E-state index in [0.717, 1.165) is 0 Å². The van der Waals surface area contributed by atoms with Crippen LogP contribution in [0.25, 0.3) is 0 Å². The van der Waals surface area contributed by atoms with Crippen LogP contribution in [0.1, 0.15) is 5.56 Å². The molecule has 1 rings (SSSR count). The molecule has 0 saturated carbocycles. The van der Waals surface area contributed by atoms with E-state index in [1.807, 2.05) is 0 Å². The highest BCUT2D eigenvalue weighted by molar-refractivity contribution is 5.81. The molecular formula is C7H8N2O2. The lowest BCUT2D eigenvalue weighted by Gasteiger charge is -1.99. The minimum absolute atomic E-state index is 0.449. The summed E-state index contributed by atoms with van der Waals surface area (Å²) in [6.45, 7) is 0. The predicted octanol–water partition coefficient (Wildman–Crippen LogP) is 0.898. The maximum absolute atomic E-state index is 8.23. The van der Waals surface area contributed by atoms with Crippen LogP contribution in [0, 0.1) is 0 Å². The van der Waals surface area contributed by atoms with Gasteiger partial charge in [0.1, 0.15) is 0 Å². The summed E-state index contributed by atoms with van der Waals surface area (Å²) in [6.07, 6.45) is 2.87. The van der Waals surface area contributed by atoms with Gasteiger partial charge < -0.3 is 9.94 Å². The summed E-state index contributed by atoms with van der Waals surface area (Å²) in [5.41, 5.74) is 0.650. The zero-order valence-electron chi connectivity index (χ0n) is 6.06. The highest BCUT2D eigenvalue weighted by Crippen LogP contribution is 2.09. The predicted molar refractivity (Wildman–Crippen MR) is 40.2 cm³/mol. The molecule has 1 N–H and O–H groups in total. The number of ether oxygens (including phenoxy) is 1. The smallest absolute Gasteiger partial charge is 0.222 e. The molecule has 0 aliphatic carbocycles. The van der Waals surface area contributed by atoms with E-state index in [0.29, 0.717) is 11.4 Å². The number of pyridine rings is 1. The van der Waals surface area contributed by atoms with E-state index in [1.54, 1.807) is 18.3 Å². The van der Waals surface area contributed by atoms with E-state index in [4.69, 9.17) is 9.94 Å². The number of oxime groups is 1. The van der Waals surface area contributed by atoms with Gasteiger partial charge in [0.25, 0.3) is 0 Å². The first-order chi connectivity index (χ1) is 5.38. The van der Waals surface area contributed by atoms with Gasteiger partial charge in [-0.15, -0.1) is 0 Å². The lowest BCUT2D eigenvalue weighted by atomic mass is 10.3. The van der Waals surface area contributed by atoms with Crippen molar-refractivity contribution in [1.29, 1.82) is 0 Å². The number of nitrogens with zero attached hydrogens (tertiary/aromatic N) is 2. The first-order valence-electron chi connectivity index (χ1n) is 3.05. The van der Waals surface area contributed by atoms with Crippen LogP contribution >= 0.6 is 0 Å². The van der Waals surface area contributed by atoms with Crippen molar-refractivity contribution < 1.29 is 9.94 Å². The van der Waals surface area contributed by atoms with E-state index in [2.05, 4.69) is 10.1 Å². The average molecular weight is 152 g/mol. The van der Waals surface area contributed by atoms with Gasteiger partial charge in [-0.1, -0.05) is 5.16 Å². The third-order valence-electron chi connectivity index (χ3n) is 1.19. The van der Waals surface area contributed by atoms with Gasteiger partial charge in [0, 0.05) is 6.20 Å². The average Bonchev–Trinajstić information content (AvgIpc) is 2.06. The molecule has 58 valence electrons. The summed E-state index contributed by atoms with van der Waals surface area (Å²) in [6, 6.07) is 3.48. The fraction of sp³-hybridized carbons (Fsp3) is 0.143. The number of hydrogen-bond acceptors (Lipinski definition) is 4. The van der Waals surface area contributed by atoms with Crippen LogP contribution < -0.4 is 4.74 Å². The quantitative estimate of drug-likeness (QED) is 0.389. The van der Waals surface area contributed by atoms with Gasteiger partial charge in [0.2, 0.25) is 5.88 Å². The highest BCUT2D eigenvalue weighted by atomic mass is 16.5. The molecule has 0 bridgehead atoms. The molecule has 1 heterocycles. The lowest BCUT2D eigenvalue weighted by Crippen LogP contribution is -1.92. The monoisotopic (exact) mass is 152 g/mol. The summed E-state index contributed by atoms with van der Waals surface area (Å²) < 4.78 is 4.88. The summed E-state index contributed by atoms with van der Waals surface area (Å²) in [5.74, 6) is 0.449. The first kappa shape index (κ1) is 7.53. The summed E-state index contributed by atoms with van der Waals surface area (Å²) in [5, 5.41) is 11.1. The van der Waals surface area contributed by atoms with E-state index in [9.17, 15) is 0 Å². The second-order valence-electron chi connectivity index (χ2n) is 1.85. The minimum atomic E-state index is 0.449. The van der Waals surface area contributed by atoms with E-state index >= 15 is 0 Å². The molecule has 0 aliphatic rings. The van der Waals surface area contributed by atoms with E-state index in [-0.39, 0.29) is 0 Å². The first-order valence-corrected chi connectivity index (χ1v) is 3.05. The number of aromatic nitrogens is 1. The summed E-state index contributed by atoms with van der Waals surface area (Å²) in [7, 11) is 1.51. The van der Waals surface area contributed by atoms with Gasteiger partial charge in [-0.2, -0.15) is 0 Å². The summed E-state index contributed by atoms with van der Waals surface area (Å²) >= 11 is 0. The van der Waals surface area contributed by atoms with Crippen LogP contribution in [-0.4, -0.2) is 23.5 Å². The second kappa shape index (κ2) is 3.55. The summed E-state index contributed by atoms with van der Waals surface area (Å²) in [4.78, 5) is 3.89. The van der Waals surface area contributed by atoms with Crippen LogP contribution in [0.4, 0.5) is 0 Å². The molecule has 4 nitrogen and oxygen atoms in total. The molecule has 1 aromatic rings. The Bertz CT molecular complexity index is 260. The zero-order valence-corrected chi connectivity index (χ0v) is 6.06. The Kier molecular flexibility index (Phi) is 2.43. The topological polar surface area (TPSA) is 54.7 Å². The Labute approximate surface area is 64.1 Å². The Balaban J connectivity index is 3.02. The molecule has 0 radical (unpaired) electrons. The number of hydrogen-bond donors (Lipinski definition) is 1. The normalized spacial score (nSPS) is 10.3. The van der Waals surface area contributed by atoms with Gasteiger partial charge in [0.05, 0.1) is 18.9 Å². The molecule has 4 heteroatoms. The molecule has 0 amide bonds. The highest BCUT2D eigenvalue weighted by Gasteiger charge is 1.97. The molecule has 0 saturated heterocycles. The fourth-order valence-corrected chi connectivity index (χ4v) is 0.734. The zero-order chi connectivity index (χ0) is 8.10. The van der Waals surface area contributed by atoms with Gasteiger partial charge >= 0.3 is 0 Å². The standard InChI is InChI=1S/C7H8N2O2/c1-11-7-6(5-9-10)3-2-4-8-7/h2-5,10H,1H3/b9-5-. The lowest BCUT2D eigenvalue weighted by molar-refractivity contribution is 0.321. The minimum Gasteiger partial charge on any atom is -0.481 e. The molecular weight excluding hydrogens is 144 g/mol. The fourth-order valence-electron chi connectivity index (χ4n) is 0.734. The molecule has 0 spiro atoms. The molecule has 0 aromatic carbocycles. The Morgan fingerprint density at radius 1 is 1.73 bits per heavy atom. The molecule has 0 unspecified atom stereocenters. The molecule has 0 fully saturated rings. The van der Waals surface area contributed by atoms with Crippen molar-refractivity contribution >= 4 is 6.21 Å². The van der Waals surface area contributed by atoms with Gasteiger partial charge in [-0.25, -0.2) is 4.98 Å². The number of rotatable bonds is 2. The van der Waals surface area contributed by atoms with Crippen molar-refractivity contribution in [3.63, 3.8) is 0 Å². The van der Waals surface area contributed by atoms with Crippen molar-refractivity contribution in [2.75, 3.05) is 7.11 Å². The molecule has 0 atom stereocenters. The van der Waals surface area contributed by atoms with Crippen LogP contribution in [-0.2, 0) is 0 Å². The molecule has 11 heavy (non-hydrogen) atoms. The largest absolute Gasteiger partial charge is 0.481 e. The van der Waals surface area contributed by atoms with Crippen molar-refractivity contribution in [2.45, 2.75) is 0 Å². The van der Waals surface area contributed by atoms with Crippen molar-refractivity contribution in [1.82, 2.24) is 4.98 Å². The maximum Gasteiger partial charge on any atom is 0.222 e. The van der Waals surface area contributed by atoms with Crippen molar-refractivity contribution in [2.24, 2.45) is 5.16 Å².